The standard InChI is InChI=1S/C20H23ClF6N4/c1-3-12(19(22,23)24)8-10-16-29-17(11-9-13(4-2)20(25,26)27)31-18(30-16)14-6-5-7-15(21)28-14/h5-7,12-13H,3-4,8-11H2,1-2H3/t12-,13+. The Hall–Kier alpha value is -1.97. The summed E-state index contributed by atoms with van der Waals surface area (Å²) in [6, 6.07) is 4.68. The quantitative estimate of drug-likeness (QED) is 0.306. The van der Waals surface area contributed by atoms with Crippen molar-refractivity contribution in [3.8, 4) is 11.5 Å². The van der Waals surface area contributed by atoms with Gasteiger partial charge >= 0.3 is 12.4 Å². The van der Waals surface area contributed by atoms with E-state index in [9.17, 15) is 26.3 Å². The Labute approximate surface area is 181 Å². The lowest BCUT2D eigenvalue weighted by atomic mass is 9.99. The minimum atomic E-state index is -4.34. The van der Waals surface area contributed by atoms with E-state index < -0.39 is 24.2 Å². The van der Waals surface area contributed by atoms with Crippen molar-refractivity contribution in [3.63, 3.8) is 0 Å². The molecule has 0 saturated heterocycles. The number of aromatic nitrogens is 4. The van der Waals surface area contributed by atoms with Crippen molar-refractivity contribution < 1.29 is 26.3 Å². The fourth-order valence-electron chi connectivity index (χ4n) is 3.14. The molecular weight excluding hydrogens is 446 g/mol. The molecule has 0 fully saturated rings. The molecule has 2 atom stereocenters. The molecule has 0 amide bonds. The minimum Gasteiger partial charge on any atom is -0.233 e. The van der Waals surface area contributed by atoms with Crippen LogP contribution in [0.2, 0.25) is 5.15 Å². The van der Waals surface area contributed by atoms with Crippen LogP contribution in [0.3, 0.4) is 0 Å². The summed E-state index contributed by atoms with van der Waals surface area (Å²) in [4.78, 5) is 16.6. The summed E-state index contributed by atoms with van der Waals surface area (Å²) < 4.78 is 78.4. The van der Waals surface area contributed by atoms with E-state index in [4.69, 9.17) is 11.6 Å². The maximum atomic E-state index is 13.1. The number of hydrogen-bond donors (Lipinski definition) is 0. The summed E-state index contributed by atoms with van der Waals surface area (Å²) in [6.07, 6.45) is -9.50. The highest BCUT2D eigenvalue weighted by atomic mass is 35.5. The predicted molar refractivity (Wildman–Crippen MR) is 104 cm³/mol. The first kappa shape index (κ1) is 25.3. The Kier molecular flexibility index (Phi) is 8.62. The van der Waals surface area contributed by atoms with Crippen LogP contribution < -0.4 is 0 Å². The van der Waals surface area contributed by atoms with Crippen LogP contribution in [0, 0.1) is 11.8 Å². The predicted octanol–water partition coefficient (Wildman–Crippen LogP) is 6.63. The largest absolute Gasteiger partial charge is 0.391 e. The molecule has 0 bridgehead atoms. The van der Waals surface area contributed by atoms with Gasteiger partial charge in [0.1, 0.15) is 22.5 Å². The highest BCUT2D eigenvalue weighted by Gasteiger charge is 2.38. The number of rotatable bonds is 9. The highest BCUT2D eigenvalue weighted by molar-refractivity contribution is 6.29. The number of halogens is 7. The molecule has 0 aliphatic rings. The van der Waals surface area contributed by atoms with Gasteiger partial charge in [-0.15, -0.1) is 0 Å². The van der Waals surface area contributed by atoms with Crippen molar-refractivity contribution >= 4 is 11.6 Å². The molecule has 0 radical (unpaired) electrons. The molecule has 0 aliphatic carbocycles. The van der Waals surface area contributed by atoms with E-state index in [2.05, 4.69) is 19.9 Å². The van der Waals surface area contributed by atoms with E-state index in [1.165, 1.54) is 19.9 Å². The number of aryl methyl sites for hydroxylation is 2. The summed E-state index contributed by atoms with van der Waals surface area (Å²) in [6.45, 7) is 2.89. The lowest BCUT2D eigenvalue weighted by molar-refractivity contribution is -0.177. The zero-order valence-electron chi connectivity index (χ0n) is 17.1. The molecule has 31 heavy (non-hydrogen) atoms. The van der Waals surface area contributed by atoms with Crippen LogP contribution in [-0.2, 0) is 12.8 Å². The van der Waals surface area contributed by atoms with Crippen LogP contribution in [-0.4, -0.2) is 32.3 Å². The van der Waals surface area contributed by atoms with Crippen LogP contribution >= 0.6 is 11.6 Å². The maximum Gasteiger partial charge on any atom is 0.391 e. The lowest BCUT2D eigenvalue weighted by Crippen LogP contribution is -2.24. The van der Waals surface area contributed by atoms with Gasteiger partial charge in [-0.2, -0.15) is 26.3 Å². The summed E-state index contributed by atoms with van der Waals surface area (Å²) in [7, 11) is 0. The first-order chi connectivity index (χ1) is 14.4. The van der Waals surface area contributed by atoms with Crippen molar-refractivity contribution in [2.75, 3.05) is 0 Å². The first-order valence-corrected chi connectivity index (χ1v) is 10.3. The molecule has 172 valence electrons. The second kappa shape index (κ2) is 10.6. The zero-order valence-corrected chi connectivity index (χ0v) is 17.8. The van der Waals surface area contributed by atoms with Gasteiger partial charge in [0.25, 0.3) is 0 Å². The molecule has 4 nitrogen and oxygen atoms in total. The topological polar surface area (TPSA) is 51.6 Å². The number of hydrogen-bond acceptors (Lipinski definition) is 4. The van der Waals surface area contributed by atoms with E-state index in [0.717, 1.165) is 0 Å². The van der Waals surface area contributed by atoms with Gasteiger partial charge in [-0.25, -0.2) is 19.9 Å². The van der Waals surface area contributed by atoms with E-state index in [1.807, 2.05) is 0 Å². The number of pyridine rings is 1. The van der Waals surface area contributed by atoms with Gasteiger partial charge in [-0.1, -0.05) is 31.5 Å². The smallest absolute Gasteiger partial charge is 0.233 e. The normalized spacial score (nSPS) is 14.5. The maximum absolute atomic E-state index is 13.1. The van der Waals surface area contributed by atoms with Gasteiger partial charge in [-0.05, 0) is 37.8 Å². The third kappa shape index (κ3) is 7.59. The third-order valence-corrected chi connectivity index (χ3v) is 5.23. The summed E-state index contributed by atoms with van der Waals surface area (Å²) in [5.74, 6) is -2.79. The summed E-state index contributed by atoms with van der Waals surface area (Å²) in [5.41, 5.74) is 0.267. The van der Waals surface area contributed by atoms with Gasteiger partial charge < -0.3 is 0 Å². The van der Waals surface area contributed by atoms with Gasteiger partial charge in [0, 0.05) is 12.8 Å². The molecule has 0 aromatic carbocycles. The van der Waals surface area contributed by atoms with Gasteiger partial charge in [0.05, 0.1) is 11.8 Å². The van der Waals surface area contributed by atoms with Crippen molar-refractivity contribution in [2.24, 2.45) is 11.8 Å². The number of alkyl halides is 6. The average Bonchev–Trinajstić information content (AvgIpc) is 2.66. The van der Waals surface area contributed by atoms with E-state index in [1.54, 1.807) is 12.1 Å². The second-order valence-corrected chi connectivity index (χ2v) is 7.60. The molecule has 0 unspecified atom stereocenters. The Morgan fingerprint density at radius 2 is 1.26 bits per heavy atom. The average molecular weight is 469 g/mol. The molecule has 0 saturated carbocycles. The Morgan fingerprint density at radius 1 is 0.774 bits per heavy atom. The molecule has 2 heterocycles. The van der Waals surface area contributed by atoms with E-state index >= 15 is 0 Å². The van der Waals surface area contributed by atoms with Crippen LogP contribution in [0.25, 0.3) is 11.5 Å². The second-order valence-electron chi connectivity index (χ2n) is 7.21. The lowest BCUT2D eigenvalue weighted by Gasteiger charge is -2.19. The minimum absolute atomic E-state index is 0.0719. The van der Waals surface area contributed by atoms with Crippen molar-refractivity contribution in [1.82, 2.24) is 19.9 Å². The molecule has 11 heteroatoms. The zero-order chi connectivity index (χ0) is 23.2. The van der Waals surface area contributed by atoms with Crippen LogP contribution in [0.4, 0.5) is 26.3 Å². The van der Waals surface area contributed by atoms with Gasteiger partial charge in [0.2, 0.25) is 0 Å². The van der Waals surface area contributed by atoms with Crippen molar-refractivity contribution in [1.29, 1.82) is 0 Å². The van der Waals surface area contributed by atoms with Crippen molar-refractivity contribution in [2.45, 2.75) is 64.7 Å². The Morgan fingerprint density at radius 3 is 1.65 bits per heavy atom. The monoisotopic (exact) mass is 468 g/mol. The van der Waals surface area contributed by atoms with Crippen LogP contribution in [0.1, 0.15) is 51.2 Å². The summed E-state index contributed by atoms with van der Waals surface area (Å²) in [5, 5.41) is 0.159. The Balaban J connectivity index is 2.31. The highest BCUT2D eigenvalue weighted by Crippen LogP contribution is 2.33. The molecule has 2 aromatic heterocycles. The number of nitrogens with zero attached hydrogens (tertiary/aromatic N) is 4. The molecule has 0 spiro atoms. The van der Waals surface area contributed by atoms with Crippen molar-refractivity contribution in [3.05, 3.63) is 35.0 Å². The molecular formula is C20H23ClF6N4. The van der Waals surface area contributed by atoms with Crippen LogP contribution in [0.15, 0.2) is 18.2 Å². The first-order valence-electron chi connectivity index (χ1n) is 9.94. The third-order valence-electron chi connectivity index (χ3n) is 5.02. The van der Waals surface area contributed by atoms with Crippen LogP contribution in [0.5, 0.6) is 0 Å². The molecule has 2 aromatic rings. The van der Waals surface area contributed by atoms with E-state index in [0.29, 0.717) is 0 Å². The molecule has 0 N–H and O–H groups in total. The fourth-order valence-corrected chi connectivity index (χ4v) is 3.31. The van der Waals surface area contributed by atoms with E-state index in [-0.39, 0.29) is 66.8 Å². The Bertz CT molecular complexity index is 812. The SMILES string of the molecule is CC[C@H](CCc1nc(CC[C@H](CC)C(F)(F)F)nc(-c2cccc(Cl)n2)n1)C(F)(F)F. The van der Waals surface area contributed by atoms with Gasteiger partial charge in [0.15, 0.2) is 5.82 Å². The molecule has 0 aliphatic heterocycles. The van der Waals surface area contributed by atoms with Gasteiger partial charge in [-0.3, -0.25) is 0 Å². The summed E-state index contributed by atoms with van der Waals surface area (Å²) >= 11 is 5.89. The molecule has 2 rings (SSSR count). The fraction of sp³-hybridized carbons (Fsp3) is 0.600.